The van der Waals surface area contributed by atoms with Crippen LogP contribution in [0.5, 0.6) is 5.88 Å². The standard InChI is InChI=1S/C24H31BrN4O3S/c1-15(2)27-22(30)19(11-16-5-3-4-6-16)28-23(31)21-8-7-18(33-21)14-29-9-10-32-24-20(29)12-17(25)13-26-24/h7-8,12-13,15-16,19H,3-6,9-11,14H2,1-2H3,(H,27,30)(H,28,31)/t19-/m0/s1. The van der Waals surface area contributed by atoms with Crippen molar-refractivity contribution in [3.63, 3.8) is 0 Å². The number of fused-ring (bicyclic) bond motifs is 1. The summed E-state index contributed by atoms with van der Waals surface area (Å²) in [6, 6.07) is 5.38. The van der Waals surface area contributed by atoms with Crippen molar-refractivity contribution in [3.05, 3.63) is 38.6 Å². The van der Waals surface area contributed by atoms with Crippen molar-refractivity contribution in [2.24, 2.45) is 5.92 Å². The van der Waals surface area contributed by atoms with Crippen LogP contribution in [0.25, 0.3) is 0 Å². The van der Waals surface area contributed by atoms with Gasteiger partial charge in [-0.15, -0.1) is 11.3 Å². The van der Waals surface area contributed by atoms with E-state index in [9.17, 15) is 9.59 Å². The van der Waals surface area contributed by atoms with Gasteiger partial charge in [-0.1, -0.05) is 25.7 Å². The first-order valence-corrected chi connectivity index (χ1v) is 13.2. The van der Waals surface area contributed by atoms with Crippen LogP contribution in [0.4, 0.5) is 5.69 Å². The monoisotopic (exact) mass is 534 g/mol. The summed E-state index contributed by atoms with van der Waals surface area (Å²) < 4.78 is 6.56. The van der Waals surface area contributed by atoms with Crippen LogP contribution in [0.1, 0.15) is 60.5 Å². The lowest BCUT2D eigenvalue weighted by Gasteiger charge is -2.30. The molecule has 7 nitrogen and oxygen atoms in total. The lowest BCUT2D eigenvalue weighted by atomic mass is 9.97. The van der Waals surface area contributed by atoms with Crippen molar-refractivity contribution in [1.29, 1.82) is 0 Å². The van der Waals surface area contributed by atoms with Crippen LogP contribution in [0, 0.1) is 5.92 Å². The summed E-state index contributed by atoms with van der Waals surface area (Å²) in [4.78, 5) is 34.1. The number of anilines is 1. The minimum absolute atomic E-state index is 0.0414. The first-order chi connectivity index (χ1) is 15.9. The largest absolute Gasteiger partial charge is 0.474 e. The van der Waals surface area contributed by atoms with Crippen molar-refractivity contribution < 1.29 is 14.3 Å². The smallest absolute Gasteiger partial charge is 0.262 e. The summed E-state index contributed by atoms with van der Waals surface area (Å²) in [5.41, 5.74) is 0.942. The van der Waals surface area contributed by atoms with E-state index in [1.807, 2.05) is 32.0 Å². The van der Waals surface area contributed by atoms with Crippen LogP contribution in [-0.2, 0) is 11.3 Å². The number of carbonyl (C=O) groups is 2. The highest BCUT2D eigenvalue weighted by molar-refractivity contribution is 9.10. The number of rotatable bonds is 8. The third-order valence-corrected chi connectivity index (χ3v) is 7.57. The van der Waals surface area contributed by atoms with Crippen molar-refractivity contribution in [3.8, 4) is 5.88 Å². The van der Waals surface area contributed by atoms with Crippen LogP contribution >= 0.6 is 27.3 Å². The van der Waals surface area contributed by atoms with E-state index >= 15 is 0 Å². The van der Waals surface area contributed by atoms with Crippen LogP contribution in [-0.4, -0.2) is 42.0 Å². The molecule has 1 atom stereocenters. The zero-order chi connectivity index (χ0) is 23.4. The fourth-order valence-electron chi connectivity index (χ4n) is 4.49. The number of ether oxygens (including phenoxy) is 1. The zero-order valence-electron chi connectivity index (χ0n) is 19.1. The van der Waals surface area contributed by atoms with Gasteiger partial charge in [-0.3, -0.25) is 9.59 Å². The van der Waals surface area contributed by atoms with Gasteiger partial charge in [0.25, 0.3) is 5.91 Å². The Morgan fingerprint density at radius 1 is 1.27 bits per heavy atom. The molecule has 2 aromatic heterocycles. The summed E-state index contributed by atoms with van der Waals surface area (Å²) >= 11 is 4.94. The quantitative estimate of drug-likeness (QED) is 0.520. The Hall–Kier alpha value is -2.13. The highest BCUT2D eigenvalue weighted by Gasteiger charge is 2.28. The number of pyridine rings is 1. The van der Waals surface area contributed by atoms with E-state index in [1.165, 1.54) is 24.2 Å². The number of hydrogen-bond acceptors (Lipinski definition) is 6. The number of aromatic nitrogens is 1. The minimum Gasteiger partial charge on any atom is -0.474 e. The van der Waals surface area contributed by atoms with Gasteiger partial charge in [0, 0.05) is 21.6 Å². The second-order valence-electron chi connectivity index (χ2n) is 9.09. The van der Waals surface area contributed by atoms with Gasteiger partial charge in [-0.25, -0.2) is 4.98 Å². The Morgan fingerprint density at radius 2 is 2.06 bits per heavy atom. The maximum absolute atomic E-state index is 13.0. The third kappa shape index (κ3) is 6.26. The Kier molecular flexibility index (Phi) is 7.90. The number of amides is 2. The van der Waals surface area contributed by atoms with Crippen molar-refractivity contribution >= 4 is 44.8 Å². The van der Waals surface area contributed by atoms with E-state index in [0.29, 0.717) is 36.2 Å². The highest BCUT2D eigenvalue weighted by Crippen LogP contribution is 2.34. The van der Waals surface area contributed by atoms with Gasteiger partial charge in [0.15, 0.2) is 0 Å². The predicted molar refractivity (Wildman–Crippen MR) is 134 cm³/mol. The number of halogens is 1. The molecule has 2 aliphatic rings. The van der Waals surface area contributed by atoms with E-state index in [1.54, 1.807) is 6.20 Å². The molecular formula is C24H31BrN4O3S. The summed E-state index contributed by atoms with van der Waals surface area (Å²) in [5, 5.41) is 5.98. The molecule has 0 bridgehead atoms. The molecule has 0 saturated heterocycles. The van der Waals surface area contributed by atoms with Gasteiger partial charge in [-0.2, -0.15) is 0 Å². The van der Waals surface area contributed by atoms with Gasteiger partial charge in [-0.05, 0) is 60.3 Å². The van der Waals surface area contributed by atoms with Crippen molar-refractivity contribution in [2.45, 2.75) is 64.6 Å². The number of thiophene rings is 1. The van der Waals surface area contributed by atoms with Gasteiger partial charge in [0.05, 0.1) is 18.0 Å². The molecule has 1 aliphatic heterocycles. The molecule has 4 rings (SSSR count). The summed E-state index contributed by atoms with van der Waals surface area (Å²) in [6.45, 7) is 5.88. The maximum Gasteiger partial charge on any atom is 0.262 e. The van der Waals surface area contributed by atoms with Crippen LogP contribution in [0.15, 0.2) is 28.9 Å². The molecule has 2 N–H and O–H groups in total. The lowest BCUT2D eigenvalue weighted by Crippen LogP contribution is -2.49. The number of nitrogens with zero attached hydrogens (tertiary/aromatic N) is 2. The summed E-state index contributed by atoms with van der Waals surface area (Å²) in [6.07, 6.45) is 7.12. The summed E-state index contributed by atoms with van der Waals surface area (Å²) in [5.74, 6) is 0.858. The molecule has 178 valence electrons. The number of hydrogen-bond donors (Lipinski definition) is 2. The van der Waals surface area contributed by atoms with E-state index in [0.717, 1.165) is 34.4 Å². The normalized spacial score (nSPS) is 16.9. The molecule has 33 heavy (non-hydrogen) atoms. The molecule has 2 aromatic rings. The SMILES string of the molecule is CC(C)NC(=O)[C@H](CC1CCCC1)NC(=O)c1ccc(CN2CCOc3ncc(Br)cc32)s1. The van der Waals surface area contributed by atoms with E-state index in [-0.39, 0.29) is 17.9 Å². The van der Waals surface area contributed by atoms with Crippen LogP contribution < -0.4 is 20.3 Å². The molecule has 1 fully saturated rings. The molecule has 0 radical (unpaired) electrons. The Morgan fingerprint density at radius 3 is 2.82 bits per heavy atom. The second kappa shape index (κ2) is 10.9. The average Bonchev–Trinajstić information content (AvgIpc) is 3.45. The summed E-state index contributed by atoms with van der Waals surface area (Å²) in [7, 11) is 0. The fourth-order valence-corrected chi connectivity index (χ4v) is 5.74. The molecule has 1 aliphatic carbocycles. The fraction of sp³-hybridized carbons (Fsp3) is 0.542. The molecule has 0 unspecified atom stereocenters. The van der Waals surface area contributed by atoms with Crippen molar-refractivity contribution in [2.75, 3.05) is 18.1 Å². The highest BCUT2D eigenvalue weighted by atomic mass is 79.9. The maximum atomic E-state index is 13.0. The van der Waals surface area contributed by atoms with Gasteiger partial charge in [0.1, 0.15) is 18.3 Å². The van der Waals surface area contributed by atoms with Crippen molar-refractivity contribution in [1.82, 2.24) is 15.6 Å². The van der Waals surface area contributed by atoms with Crippen LogP contribution in [0.2, 0.25) is 0 Å². The van der Waals surface area contributed by atoms with Gasteiger partial charge >= 0.3 is 0 Å². The lowest BCUT2D eigenvalue weighted by molar-refractivity contribution is -0.123. The molecule has 9 heteroatoms. The Balaban J connectivity index is 1.42. The Labute approximate surface area is 207 Å². The number of carbonyl (C=O) groups excluding carboxylic acids is 2. The Bertz CT molecular complexity index is 990. The van der Waals surface area contributed by atoms with E-state index in [4.69, 9.17) is 4.74 Å². The predicted octanol–water partition coefficient (Wildman–Crippen LogP) is 4.51. The molecule has 2 amide bonds. The second-order valence-corrected chi connectivity index (χ2v) is 11.2. The minimum atomic E-state index is -0.497. The van der Waals surface area contributed by atoms with Crippen LogP contribution in [0.3, 0.4) is 0 Å². The topological polar surface area (TPSA) is 83.6 Å². The first kappa shape index (κ1) is 24.0. The number of nitrogens with one attached hydrogen (secondary N) is 2. The molecule has 3 heterocycles. The van der Waals surface area contributed by atoms with E-state index < -0.39 is 6.04 Å². The average molecular weight is 536 g/mol. The van der Waals surface area contributed by atoms with Gasteiger partial charge in [0.2, 0.25) is 11.8 Å². The molecule has 0 aromatic carbocycles. The molecular weight excluding hydrogens is 504 g/mol. The van der Waals surface area contributed by atoms with E-state index in [2.05, 4.69) is 36.4 Å². The van der Waals surface area contributed by atoms with Gasteiger partial charge < -0.3 is 20.3 Å². The zero-order valence-corrected chi connectivity index (χ0v) is 21.5. The molecule has 0 spiro atoms. The first-order valence-electron chi connectivity index (χ1n) is 11.6. The third-order valence-electron chi connectivity index (χ3n) is 6.07. The molecule has 1 saturated carbocycles.